The van der Waals surface area contributed by atoms with Gasteiger partial charge in [0.2, 0.25) is 5.91 Å². The van der Waals surface area contributed by atoms with Gasteiger partial charge in [-0.3, -0.25) is 9.59 Å². The molecule has 4 N–H and O–H groups in total. The molecule has 1 rings (SSSR count). The summed E-state index contributed by atoms with van der Waals surface area (Å²) in [6.07, 6.45) is -0.187. The molecule has 2 atom stereocenters. The highest BCUT2D eigenvalue weighted by Crippen LogP contribution is 2.15. The summed E-state index contributed by atoms with van der Waals surface area (Å²) >= 11 is 0. The van der Waals surface area contributed by atoms with E-state index in [1.807, 2.05) is 0 Å². The predicted octanol–water partition coefficient (Wildman–Crippen LogP) is -0.619. The first-order valence-electron chi connectivity index (χ1n) is 6.49. The summed E-state index contributed by atoms with van der Waals surface area (Å²) in [4.78, 5) is 35.7. The summed E-state index contributed by atoms with van der Waals surface area (Å²) in [6.45, 7) is 4.40. The minimum atomic E-state index is -0.998. The molecule has 2 unspecified atom stereocenters. The Morgan fingerprint density at radius 1 is 1.45 bits per heavy atom. The van der Waals surface area contributed by atoms with E-state index in [4.69, 9.17) is 15.6 Å². The van der Waals surface area contributed by atoms with Gasteiger partial charge in [-0.15, -0.1) is 0 Å². The number of urea groups is 1. The topological polar surface area (TPSA) is 122 Å². The Morgan fingerprint density at radius 3 is 2.60 bits per heavy atom. The minimum absolute atomic E-state index is 0.150. The smallest absolute Gasteiger partial charge is 0.312 e. The Hall–Kier alpha value is -1.83. The first kappa shape index (κ1) is 16.2. The van der Waals surface area contributed by atoms with E-state index in [0.29, 0.717) is 13.2 Å². The number of rotatable bonds is 5. The molecule has 0 aromatic carbocycles. The highest BCUT2D eigenvalue weighted by Gasteiger charge is 2.34. The van der Waals surface area contributed by atoms with Crippen molar-refractivity contribution in [2.75, 3.05) is 19.8 Å². The van der Waals surface area contributed by atoms with Gasteiger partial charge in [0.25, 0.3) is 0 Å². The molecule has 1 aliphatic heterocycles. The number of carbonyl (C=O) groups excluding carboxylic acids is 2. The lowest BCUT2D eigenvalue weighted by Crippen LogP contribution is -2.58. The maximum absolute atomic E-state index is 12.5. The quantitative estimate of drug-likeness (QED) is 0.622. The van der Waals surface area contributed by atoms with Gasteiger partial charge < -0.3 is 25.8 Å². The maximum atomic E-state index is 12.5. The molecule has 1 heterocycles. The van der Waals surface area contributed by atoms with Gasteiger partial charge in [-0.25, -0.2) is 4.79 Å². The number of carboxylic acids is 1. The molecule has 0 spiro atoms. The van der Waals surface area contributed by atoms with Crippen LogP contribution < -0.4 is 11.1 Å². The Balaban J connectivity index is 2.83. The molecule has 114 valence electrons. The van der Waals surface area contributed by atoms with Crippen molar-refractivity contribution in [2.45, 2.75) is 32.4 Å². The molecule has 0 radical (unpaired) electrons. The van der Waals surface area contributed by atoms with E-state index < -0.39 is 24.1 Å². The molecule has 0 aliphatic carbocycles. The maximum Gasteiger partial charge on any atom is 0.312 e. The van der Waals surface area contributed by atoms with Crippen LogP contribution in [0.4, 0.5) is 4.79 Å². The summed E-state index contributed by atoms with van der Waals surface area (Å²) in [5, 5.41) is 11.3. The van der Waals surface area contributed by atoms with Crippen molar-refractivity contribution in [2.24, 2.45) is 11.7 Å². The molecule has 1 aliphatic rings. The van der Waals surface area contributed by atoms with E-state index in [0.717, 1.165) is 0 Å². The average molecular weight is 287 g/mol. The molecule has 0 aromatic heterocycles. The van der Waals surface area contributed by atoms with Crippen LogP contribution in [0.3, 0.4) is 0 Å². The fourth-order valence-corrected chi connectivity index (χ4v) is 2.16. The fraction of sp³-hybridized carbons (Fsp3) is 0.750. The van der Waals surface area contributed by atoms with Crippen molar-refractivity contribution in [3.63, 3.8) is 0 Å². The third-order valence-electron chi connectivity index (χ3n) is 3.15. The third-order valence-corrected chi connectivity index (χ3v) is 3.15. The number of nitrogens with two attached hydrogens (primary N) is 1. The number of ether oxygens (including phenoxy) is 1. The van der Waals surface area contributed by atoms with Crippen molar-refractivity contribution in [3.8, 4) is 0 Å². The minimum Gasteiger partial charge on any atom is -0.481 e. The molecule has 1 saturated heterocycles. The monoisotopic (exact) mass is 287 g/mol. The molecular formula is C12H21N3O5. The van der Waals surface area contributed by atoms with Crippen LogP contribution in [0.25, 0.3) is 0 Å². The highest BCUT2D eigenvalue weighted by atomic mass is 16.5. The van der Waals surface area contributed by atoms with Crippen LogP contribution in [0.15, 0.2) is 0 Å². The Labute approximate surface area is 117 Å². The molecular weight excluding hydrogens is 266 g/mol. The second-order valence-electron chi connectivity index (χ2n) is 5.09. The van der Waals surface area contributed by atoms with Crippen LogP contribution in [0.1, 0.15) is 20.3 Å². The largest absolute Gasteiger partial charge is 0.481 e. The molecule has 0 bridgehead atoms. The summed E-state index contributed by atoms with van der Waals surface area (Å²) < 4.78 is 5.22. The average Bonchev–Trinajstić information content (AvgIpc) is 2.34. The van der Waals surface area contributed by atoms with Gasteiger partial charge in [-0.2, -0.15) is 0 Å². The van der Waals surface area contributed by atoms with E-state index in [2.05, 4.69) is 5.32 Å². The van der Waals surface area contributed by atoms with Crippen molar-refractivity contribution >= 4 is 17.9 Å². The predicted molar refractivity (Wildman–Crippen MR) is 69.9 cm³/mol. The van der Waals surface area contributed by atoms with E-state index in [1.54, 1.807) is 13.8 Å². The number of hydrogen-bond donors (Lipinski definition) is 3. The van der Waals surface area contributed by atoms with Crippen LogP contribution in [0.2, 0.25) is 0 Å². The van der Waals surface area contributed by atoms with Crippen LogP contribution in [0.5, 0.6) is 0 Å². The van der Waals surface area contributed by atoms with Crippen LogP contribution in [-0.4, -0.2) is 59.8 Å². The fourth-order valence-electron chi connectivity index (χ4n) is 2.16. The second kappa shape index (κ2) is 7.09. The Morgan fingerprint density at radius 2 is 2.10 bits per heavy atom. The molecule has 8 nitrogen and oxygen atoms in total. The van der Waals surface area contributed by atoms with Crippen molar-refractivity contribution in [1.29, 1.82) is 0 Å². The number of amides is 3. The van der Waals surface area contributed by atoms with Crippen molar-refractivity contribution in [1.82, 2.24) is 10.2 Å². The zero-order valence-corrected chi connectivity index (χ0v) is 11.7. The number of morpholine rings is 1. The summed E-state index contributed by atoms with van der Waals surface area (Å²) in [7, 11) is 0. The van der Waals surface area contributed by atoms with E-state index in [1.165, 1.54) is 4.90 Å². The third kappa shape index (κ3) is 4.37. The molecule has 0 saturated carbocycles. The number of carbonyl (C=O) groups is 3. The first-order valence-corrected chi connectivity index (χ1v) is 6.49. The SMILES string of the molecule is CC(C)C(NC(N)=O)C(=O)N1CCOCC1CC(=O)O. The van der Waals surface area contributed by atoms with Gasteiger partial charge >= 0.3 is 12.0 Å². The first-order chi connectivity index (χ1) is 9.32. The molecule has 8 heteroatoms. The normalized spacial score (nSPS) is 20.6. The lowest BCUT2D eigenvalue weighted by Gasteiger charge is -2.37. The van der Waals surface area contributed by atoms with Gasteiger partial charge in [0.05, 0.1) is 25.7 Å². The number of primary amides is 1. The van der Waals surface area contributed by atoms with Gasteiger partial charge in [0, 0.05) is 6.54 Å². The van der Waals surface area contributed by atoms with Gasteiger partial charge in [-0.1, -0.05) is 13.8 Å². The standard InChI is InChI=1S/C12H21N3O5/c1-7(2)10(14-12(13)19)11(18)15-3-4-20-6-8(15)5-9(16)17/h7-8,10H,3-6H2,1-2H3,(H,16,17)(H3,13,14,19). The zero-order chi connectivity index (χ0) is 15.3. The second-order valence-corrected chi connectivity index (χ2v) is 5.09. The van der Waals surface area contributed by atoms with Crippen molar-refractivity contribution < 1.29 is 24.2 Å². The molecule has 1 fully saturated rings. The molecule has 0 aromatic rings. The molecule has 20 heavy (non-hydrogen) atoms. The van der Waals surface area contributed by atoms with E-state index >= 15 is 0 Å². The summed E-state index contributed by atoms with van der Waals surface area (Å²) in [5.41, 5.74) is 5.07. The number of hydrogen-bond acceptors (Lipinski definition) is 4. The van der Waals surface area contributed by atoms with Crippen LogP contribution >= 0.6 is 0 Å². The number of nitrogens with one attached hydrogen (secondary N) is 1. The van der Waals surface area contributed by atoms with Gasteiger partial charge in [-0.05, 0) is 5.92 Å². The Kier molecular flexibility index (Phi) is 5.75. The van der Waals surface area contributed by atoms with Gasteiger partial charge in [0.15, 0.2) is 0 Å². The summed E-state index contributed by atoms with van der Waals surface area (Å²) in [5.74, 6) is -1.47. The van der Waals surface area contributed by atoms with Crippen LogP contribution in [0, 0.1) is 5.92 Å². The van der Waals surface area contributed by atoms with Gasteiger partial charge in [0.1, 0.15) is 6.04 Å². The van der Waals surface area contributed by atoms with Crippen LogP contribution in [-0.2, 0) is 14.3 Å². The summed E-state index contributed by atoms with van der Waals surface area (Å²) in [6, 6.07) is -2.06. The van der Waals surface area contributed by atoms with E-state index in [-0.39, 0.29) is 24.9 Å². The number of nitrogens with zero attached hydrogens (tertiary/aromatic N) is 1. The lowest BCUT2D eigenvalue weighted by atomic mass is 10.0. The van der Waals surface area contributed by atoms with E-state index in [9.17, 15) is 14.4 Å². The lowest BCUT2D eigenvalue weighted by molar-refractivity contribution is -0.148. The number of aliphatic carboxylic acids is 1. The highest BCUT2D eigenvalue weighted by molar-refractivity contribution is 5.87. The zero-order valence-electron chi connectivity index (χ0n) is 11.7. The molecule has 3 amide bonds. The Bertz CT molecular complexity index is 385. The van der Waals surface area contributed by atoms with Crippen molar-refractivity contribution in [3.05, 3.63) is 0 Å². The number of carboxylic acid groups (broad SMARTS) is 1.